The maximum absolute atomic E-state index is 10.7. The molecule has 1 unspecified atom stereocenters. The number of hydrogen-bond acceptors (Lipinski definition) is 4. The average Bonchev–Trinajstić information content (AvgIpc) is 2.38. The van der Waals surface area contributed by atoms with Gasteiger partial charge in [0.05, 0.1) is 6.61 Å². The summed E-state index contributed by atoms with van der Waals surface area (Å²) in [6.07, 6.45) is 0. The van der Waals surface area contributed by atoms with Crippen molar-refractivity contribution in [1.29, 1.82) is 0 Å². The Balaban J connectivity index is 2.36. The minimum Gasteiger partial charge on any atom is -0.486 e. The zero-order valence-electron chi connectivity index (χ0n) is 11.1. The standard InChI is InChI=1S/C14H20O4/c1-10(2)14(15,9-16-3)11-4-5-12-13(8-11)18-7-6-17-12/h4-5,8,10,15H,6-7,9H2,1-3H3. The molecule has 18 heavy (non-hydrogen) atoms. The van der Waals surface area contributed by atoms with Crippen LogP contribution in [0.4, 0.5) is 0 Å². The molecule has 0 saturated heterocycles. The van der Waals surface area contributed by atoms with Gasteiger partial charge in [-0.15, -0.1) is 0 Å². The molecule has 1 N–H and O–H groups in total. The summed E-state index contributed by atoms with van der Waals surface area (Å²) >= 11 is 0. The highest BCUT2D eigenvalue weighted by Gasteiger charge is 2.34. The lowest BCUT2D eigenvalue weighted by Gasteiger charge is -2.33. The smallest absolute Gasteiger partial charge is 0.161 e. The van der Waals surface area contributed by atoms with Crippen LogP contribution in [0.25, 0.3) is 0 Å². The van der Waals surface area contributed by atoms with Gasteiger partial charge in [-0.1, -0.05) is 19.9 Å². The van der Waals surface area contributed by atoms with Crippen molar-refractivity contribution in [3.63, 3.8) is 0 Å². The summed E-state index contributed by atoms with van der Waals surface area (Å²) in [6, 6.07) is 5.55. The van der Waals surface area contributed by atoms with Gasteiger partial charge in [0.2, 0.25) is 0 Å². The second kappa shape index (κ2) is 5.16. The van der Waals surface area contributed by atoms with E-state index in [1.54, 1.807) is 7.11 Å². The molecule has 4 nitrogen and oxygen atoms in total. The third-order valence-corrected chi connectivity index (χ3v) is 3.36. The van der Waals surface area contributed by atoms with Gasteiger partial charge in [0.25, 0.3) is 0 Å². The molecule has 1 heterocycles. The van der Waals surface area contributed by atoms with Crippen LogP contribution in [0.3, 0.4) is 0 Å². The molecule has 1 aromatic rings. The van der Waals surface area contributed by atoms with Crippen molar-refractivity contribution < 1.29 is 19.3 Å². The predicted octanol–water partition coefficient (Wildman–Crippen LogP) is 1.95. The molecule has 0 saturated carbocycles. The lowest BCUT2D eigenvalue weighted by molar-refractivity contribution is -0.0702. The first-order chi connectivity index (χ1) is 8.58. The molecule has 1 aliphatic rings. The Labute approximate surface area is 107 Å². The van der Waals surface area contributed by atoms with Gasteiger partial charge in [0.15, 0.2) is 11.5 Å². The van der Waals surface area contributed by atoms with Gasteiger partial charge < -0.3 is 19.3 Å². The second-order valence-electron chi connectivity index (χ2n) is 4.87. The number of aliphatic hydroxyl groups is 1. The summed E-state index contributed by atoms with van der Waals surface area (Å²) in [4.78, 5) is 0. The van der Waals surface area contributed by atoms with E-state index in [4.69, 9.17) is 14.2 Å². The van der Waals surface area contributed by atoms with Crippen LogP contribution in [0.2, 0.25) is 0 Å². The molecular weight excluding hydrogens is 232 g/mol. The van der Waals surface area contributed by atoms with Gasteiger partial charge >= 0.3 is 0 Å². The molecule has 0 aliphatic carbocycles. The Morgan fingerprint density at radius 3 is 2.56 bits per heavy atom. The Kier molecular flexibility index (Phi) is 3.78. The molecule has 0 spiro atoms. The van der Waals surface area contributed by atoms with Gasteiger partial charge in [-0.05, 0) is 23.6 Å². The van der Waals surface area contributed by atoms with Crippen LogP contribution >= 0.6 is 0 Å². The number of methoxy groups -OCH3 is 1. The summed E-state index contributed by atoms with van der Waals surface area (Å²) in [5.41, 5.74) is -0.214. The maximum Gasteiger partial charge on any atom is 0.161 e. The van der Waals surface area contributed by atoms with E-state index < -0.39 is 5.60 Å². The highest BCUT2D eigenvalue weighted by Crippen LogP contribution is 2.37. The molecule has 1 aliphatic heterocycles. The summed E-state index contributed by atoms with van der Waals surface area (Å²) in [5.74, 6) is 1.46. The van der Waals surface area contributed by atoms with Crippen molar-refractivity contribution in [3.05, 3.63) is 23.8 Å². The zero-order valence-corrected chi connectivity index (χ0v) is 11.1. The van der Waals surface area contributed by atoms with E-state index in [0.717, 1.165) is 11.3 Å². The zero-order chi connectivity index (χ0) is 13.2. The fraction of sp³-hybridized carbons (Fsp3) is 0.571. The molecule has 0 fully saturated rings. The van der Waals surface area contributed by atoms with Gasteiger partial charge in [-0.3, -0.25) is 0 Å². The van der Waals surface area contributed by atoms with Crippen LogP contribution in [-0.2, 0) is 10.3 Å². The fourth-order valence-corrected chi connectivity index (χ4v) is 2.12. The first-order valence-corrected chi connectivity index (χ1v) is 6.19. The number of ether oxygens (including phenoxy) is 3. The SMILES string of the molecule is COCC(O)(c1ccc2c(c1)OCCO2)C(C)C. The minimum atomic E-state index is -1.01. The summed E-state index contributed by atoms with van der Waals surface area (Å²) in [7, 11) is 1.59. The van der Waals surface area contributed by atoms with Crippen LogP contribution in [0.5, 0.6) is 11.5 Å². The summed E-state index contributed by atoms with van der Waals surface area (Å²) in [5, 5.41) is 10.7. The Bertz CT molecular complexity index is 416. The van der Waals surface area contributed by atoms with E-state index in [1.807, 2.05) is 32.0 Å². The first-order valence-electron chi connectivity index (χ1n) is 6.19. The van der Waals surface area contributed by atoms with Crippen LogP contribution in [0, 0.1) is 5.92 Å². The predicted molar refractivity (Wildman–Crippen MR) is 68.0 cm³/mol. The van der Waals surface area contributed by atoms with E-state index >= 15 is 0 Å². The van der Waals surface area contributed by atoms with Crippen molar-refractivity contribution in [2.75, 3.05) is 26.9 Å². The molecule has 4 heteroatoms. The molecule has 0 bridgehead atoms. The number of hydrogen-bond donors (Lipinski definition) is 1. The van der Waals surface area contributed by atoms with Crippen LogP contribution in [0.1, 0.15) is 19.4 Å². The Hall–Kier alpha value is -1.26. The van der Waals surface area contributed by atoms with E-state index in [0.29, 0.717) is 19.0 Å². The third-order valence-electron chi connectivity index (χ3n) is 3.36. The highest BCUT2D eigenvalue weighted by atomic mass is 16.6. The van der Waals surface area contributed by atoms with Crippen LogP contribution < -0.4 is 9.47 Å². The monoisotopic (exact) mass is 252 g/mol. The van der Waals surface area contributed by atoms with E-state index in [-0.39, 0.29) is 12.5 Å². The molecule has 1 aromatic carbocycles. The van der Waals surface area contributed by atoms with Crippen LogP contribution in [0.15, 0.2) is 18.2 Å². The number of benzene rings is 1. The number of fused-ring (bicyclic) bond motifs is 1. The molecule has 0 aromatic heterocycles. The molecule has 1 atom stereocenters. The normalized spacial score (nSPS) is 17.6. The quantitative estimate of drug-likeness (QED) is 0.889. The van der Waals surface area contributed by atoms with E-state index in [2.05, 4.69) is 0 Å². The van der Waals surface area contributed by atoms with Crippen molar-refractivity contribution in [1.82, 2.24) is 0 Å². The lowest BCUT2D eigenvalue weighted by Crippen LogP contribution is -2.37. The van der Waals surface area contributed by atoms with Gasteiger partial charge in [0.1, 0.15) is 18.8 Å². The first kappa shape index (κ1) is 13.2. The average molecular weight is 252 g/mol. The minimum absolute atomic E-state index is 0.0417. The Morgan fingerprint density at radius 2 is 1.94 bits per heavy atom. The summed E-state index contributed by atoms with van der Waals surface area (Å²) in [6.45, 7) is 5.30. The highest BCUT2D eigenvalue weighted by molar-refractivity contribution is 5.45. The number of rotatable bonds is 4. The topological polar surface area (TPSA) is 47.9 Å². The summed E-state index contributed by atoms with van der Waals surface area (Å²) < 4.78 is 16.2. The van der Waals surface area contributed by atoms with Gasteiger partial charge in [0, 0.05) is 7.11 Å². The molecule has 2 rings (SSSR count). The van der Waals surface area contributed by atoms with Crippen molar-refractivity contribution in [2.24, 2.45) is 5.92 Å². The maximum atomic E-state index is 10.7. The van der Waals surface area contributed by atoms with Crippen molar-refractivity contribution >= 4 is 0 Å². The van der Waals surface area contributed by atoms with Crippen LogP contribution in [-0.4, -0.2) is 32.0 Å². The van der Waals surface area contributed by atoms with Gasteiger partial charge in [-0.25, -0.2) is 0 Å². The third kappa shape index (κ3) is 2.31. The van der Waals surface area contributed by atoms with Crippen molar-refractivity contribution in [2.45, 2.75) is 19.4 Å². The Morgan fingerprint density at radius 1 is 1.28 bits per heavy atom. The van der Waals surface area contributed by atoms with E-state index in [1.165, 1.54) is 0 Å². The van der Waals surface area contributed by atoms with Gasteiger partial charge in [-0.2, -0.15) is 0 Å². The largest absolute Gasteiger partial charge is 0.486 e. The molecule has 100 valence electrons. The molecule has 0 amide bonds. The van der Waals surface area contributed by atoms with E-state index in [9.17, 15) is 5.11 Å². The lowest BCUT2D eigenvalue weighted by atomic mass is 9.84. The molecular formula is C14H20O4. The van der Waals surface area contributed by atoms with Crippen molar-refractivity contribution in [3.8, 4) is 11.5 Å². The molecule has 0 radical (unpaired) electrons. The second-order valence-corrected chi connectivity index (χ2v) is 4.87. The fourth-order valence-electron chi connectivity index (χ4n) is 2.12.